The fourth-order valence-corrected chi connectivity index (χ4v) is 2.24. The molecule has 0 aromatic carbocycles. The first-order valence-electron chi connectivity index (χ1n) is 6.90. The van der Waals surface area contributed by atoms with E-state index in [4.69, 9.17) is 0 Å². The van der Waals surface area contributed by atoms with E-state index in [0.29, 0.717) is 18.8 Å². The molecule has 0 spiro atoms. The molecule has 6 nitrogen and oxygen atoms in total. The first-order valence-corrected chi connectivity index (χ1v) is 6.90. The molecule has 0 amide bonds. The van der Waals surface area contributed by atoms with Crippen LogP contribution in [-0.2, 0) is 19.6 Å². The van der Waals surface area contributed by atoms with Gasteiger partial charge in [-0.15, -0.1) is 0 Å². The maximum absolute atomic E-state index is 11.2. The maximum atomic E-state index is 11.2. The van der Waals surface area contributed by atoms with Crippen molar-refractivity contribution < 1.29 is 9.90 Å². The van der Waals surface area contributed by atoms with Crippen molar-refractivity contribution in [3.05, 3.63) is 47.0 Å². The van der Waals surface area contributed by atoms with E-state index in [1.165, 1.54) is 0 Å². The predicted molar refractivity (Wildman–Crippen MR) is 79.0 cm³/mol. The van der Waals surface area contributed by atoms with Crippen LogP contribution in [0, 0.1) is 6.92 Å². The molecule has 0 bridgehead atoms. The van der Waals surface area contributed by atoms with Crippen LogP contribution in [0.4, 0.5) is 0 Å². The van der Waals surface area contributed by atoms with Crippen molar-refractivity contribution in [2.75, 3.05) is 7.05 Å². The van der Waals surface area contributed by atoms with Crippen LogP contribution in [0.1, 0.15) is 34.2 Å². The number of pyridine rings is 1. The smallest absolute Gasteiger partial charge is 0.337 e. The molecule has 0 atom stereocenters. The molecule has 2 aromatic rings. The molecule has 0 saturated heterocycles. The van der Waals surface area contributed by atoms with Crippen LogP contribution in [0.15, 0.2) is 24.5 Å². The van der Waals surface area contributed by atoms with E-state index in [-0.39, 0.29) is 5.56 Å². The molecule has 2 aromatic heterocycles. The molecule has 0 unspecified atom stereocenters. The summed E-state index contributed by atoms with van der Waals surface area (Å²) in [5.74, 6) is -0.943. The lowest BCUT2D eigenvalue weighted by molar-refractivity contribution is 0.0694. The summed E-state index contributed by atoms with van der Waals surface area (Å²) in [7, 11) is 1.95. The van der Waals surface area contributed by atoms with Crippen LogP contribution in [-0.4, -0.2) is 37.8 Å². The topological polar surface area (TPSA) is 71.2 Å². The number of hydrogen-bond acceptors (Lipinski definition) is 4. The van der Waals surface area contributed by atoms with Crippen molar-refractivity contribution in [1.29, 1.82) is 0 Å². The van der Waals surface area contributed by atoms with Crippen molar-refractivity contribution >= 4 is 5.97 Å². The van der Waals surface area contributed by atoms with Crippen molar-refractivity contribution in [2.45, 2.75) is 33.5 Å². The maximum Gasteiger partial charge on any atom is 0.337 e. The lowest BCUT2D eigenvalue weighted by Gasteiger charge is -2.16. The number of aromatic nitrogens is 3. The fraction of sp³-hybridized carbons (Fsp3) is 0.400. The molecule has 21 heavy (non-hydrogen) atoms. The lowest BCUT2D eigenvalue weighted by Crippen LogP contribution is -2.20. The van der Waals surface area contributed by atoms with Gasteiger partial charge >= 0.3 is 5.97 Å². The molecule has 6 heteroatoms. The number of aryl methyl sites for hydroxylation is 2. The number of hydrogen-bond donors (Lipinski definition) is 1. The van der Waals surface area contributed by atoms with Crippen LogP contribution in [0.25, 0.3) is 0 Å². The van der Waals surface area contributed by atoms with Gasteiger partial charge in [-0.3, -0.25) is 14.6 Å². The second kappa shape index (κ2) is 6.49. The Labute approximate surface area is 124 Å². The first-order chi connectivity index (χ1) is 10.0. The Morgan fingerprint density at radius 3 is 2.81 bits per heavy atom. The van der Waals surface area contributed by atoms with Gasteiger partial charge in [-0.1, -0.05) is 0 Å². The molecule has 0 aliphatic carbocycles. The van der Waals surface area contributed by atoms with Gasteiger partial charge in [0.15, 0.2) is 0 Å². The summed E-state index contributed by atoms with van der Waals surface area (Å²) >= 11 is 0. The van der Waals surface area contributed by atoms with Crippen LogP contribution in [0.3, 0.4) is 0 Å². The molecule has 0 radical (unpaired) electrons. The molecule has 0 aliphatic heterocycles. The first kappa shape index (κ1) is 15.2. The van der Waals surface area contributed by atoms with Gasteiger partial charge in [0.25, 0.3) is 0 Å². The minimum Gasteiger partial charge on any atom is -0.478 e. The monoisotopic (exact) mass is 288 g/mol. The Bertz CT molecular complexity index is 636. The van der Waals surface area contributed by atoms with Crippen LogP contribution < -0.4 is 0 Å². The van der Waals surface area contributed by atoms with E-state index >= 15 is 0 Å². The van der Waals surface area contributed by atoms with Gasteiger partial charge in [0.05, 0.1) is 17.0 Å². The Morgan fingerprint density at radius 1 is 1.43 bits per heavy atom. The van der Waals surface area contributed by atoms with E-state index in [1.54, 1.807) is 18.3 Å². The Morgan fingerprint density at radius 2 is 2.19 bits per heavy atom. The fourth-order valence-electron chi connectivity index (χ4n) is 2.24. The largest absolute Gasteiger partial charge is 0.478 e. The third kappa shape index (κ3) is 3.66. The summed E-state index contributed by atoms with van der Waals surface area (Å²) < 4.78 is 1.90. The number of aromatic carboxylic acids is 1. The average molecular weight is 288 g/mol. The van der Waals surface area contributed by atoms with Crippen LogP contribution in [0.2, 0.25) is 0 Å². The molecule has 2 rings (SSSR count). The molecule has 0 saturated carbocycles. The highest BCUT2D eigenvalue weighted by atomic mass is 16.4. The van der Waals surface area contributed by atoms with Gasteiger partial charge in [-0.05, 0) is 33.0 Å². The Hall–Kier alpha value is -2.21. The van der Waals surface area contributed by atoms with Gasteiger partial charge in [-0.2, -0.15) is 5.10 Å². The second-order valence-corrected chi connectivity index (χ2v) is 5.07. The highest BCUT2D eigenvalue weighted by Gasteiger charge is 2.14. The number of carbonyl (C=O) groups is 1. The predicted octanol–water partition coefficient (Wildman–Crippen LogP) is 1.94. The summed E-state index contributed by atoms with van der Waals surface area (Å²) in [6.07, 6.45) is 3.65. The van der Waals surface area contributed by atoms with Gasteiger partial charge in [0.1, 0.15) is 0 Å². The average Bonchev–Trinajstić information content (AvgIpc) is 2.79. The van der Waals surface area contributed by atoms with E-state index in [0.717, 1.165) is 17.8 Å². The summed E-state index contributed by atoms with van der Waals surface area (Å²) in [5, 5.41) is 13.6. The van der Waals surface area contributed by atoms with Crippen LogP contribution >= 0.6 is 0 Å². The number of nitrogens with zero attached hydrogens (tertiary/aromatic N) is 4. The third-order valence-corrected chi connectivity index (χ3v) is 3.35. The standard InChI is InChI=1S/C15H20N4O2/c1-4-19-9-12(11(2)17-19)8-18(3)10-14-13(15(20)21)6-5-7-16-14/h5-7,9H,4,8,10H2,1-3H3,(H,20,21). The van der Waals surface area contributed by atoms with Gasteiger partial charge in [-0.25, -0.2) is 4.79 Å². The molecule has 2 heterocycles. The van der Waals surface area contributed by atoms with Crippen molar-refractivity contribution in [3.8, 4) is 0 Å². The zero-order chi connectivity index (χ0) is 15.4. The number of carboxylic acid groups (broad SMARTS) is 1. The zero-order valence-corrected chi connectivity index (χ0v) is 12.6. The summed E-state index contributed by atoms with van der Waals surface area (Å²) in [5.41, 5.74) is 2.98. The third-order valence-electron chi connectivity index (χ3n) is 3.35. The Kier molecular flexibility index (Phi) is 4.70. The van der Waals surface area contributed by atoms with Crippen molar-refractivity contribution in [3.63, 3.8) is 0 Å². The van der Waals surface area contributed by atoms with Crippen LogP contribution in [0.5, 0.6) is 0 Å². The van der Waals surface area contributed by atoms with E-state index < -0.39 is 5.97 Å². The van der Waals surface area contributed by atoms with Gasteiger partial charge in [0.2, 0.25) is 0 Å². The molecule has 112 valence electrons. The normalized spacial score (nSPS) is 11.0. The molecule has 0 aliphatic rings. The summed E-state index contributed by atoms with van der Waals surface area (Å²) in [4.78, 5) is 17.4. The Balaban J connectivity index is 2.09. The number of rotatable bonds is 6. The summed E-state index contributed by atoms with van der Waals surface area (Å²) in [6.45, 7) is 6.07. The molecule has 1 N–H and O–H groups in total. The van der Waals surface area contributed by atoms with Crippen molar-refractivity contribution in [1.82, 2.24) is 19.7 Å². The lowest BCUT2D eigenvalue weighted by atomic mass is 10.2. The van der Waals surface area contributed by atoms with E-state index in [2.05, 4.69) is 10.1 Å². The molecule has 0 fully saturated rings. The molecular weight excluding hydrogens is 268 g/mol. The quantitative estimate of drug-likeness (QED) is 0.879. The highest BCUT2D eigenvalue weighted by molar-refractivity contribution is 5.88. The zero-order valence-electron chi connectivity index (χ0n) is 12.6. The van der Waals surface area contributed by atoms with Crippen molar-refractivity contribution in [2.24, 2.45) is 0 Å². The minimum absolute atomic E-state index is 0.255. The number of carboxylic acids is 1. The van der Waals surface area contributed by atoms with Gasteiger partial charge < -0.3 is 5.11 Å². The van der Waals surface area contributed by atoms with Gasteiger partial charge in [0, 0.05) is 37.6 Å². The second-order valence-electron chi connectivity index (χ2n) is 5.07. The highest BCUT2D eigenvalue weighted by Crippen LogP contribution is 2.12. The van der Waals surface area contributed by atoms with E-state index in [9.17, 15) is 9.90 Å². The van der Waals surface area contributed by atoms with E-state index in [1.807, 2.05) is 36.7 Å². The molecular formula is C15H20N4O2. The SMILES string of the molecule is CCn1cc(CN(C)Cc2ncccc2C(=O)O)c(C)n1. The minimum atomic E-state index is -0.943. The summed E-state index contributed by atoms with van der Waals surface area (Å²) in [6, 6.07) is 3.22.